The smallest absolute Gasteiger partial charge is 0.255 e. The molecule has 0 saturated heterocycles. The second kappa shape index (κ2) is 6.95. The van der Waals surface area contributed by atoms with Gasteiger partial charge in [-0.25, -0.2) is 0 Å². The zero-order valence-electron chi connectivity index (χ0n) is 10.8. The molecular formula is C15H13ClINO2. The lowest BCUT2D eigenvalue weighted by Crippen LogP contribution is -2.12. The van der Waals surface area contributed by atoms with Gasteiger partial charge >= 0.3 is 0 Å². The van der Waals surface area contributed by atoms with Crippen LogP contribution in [0.3, 0.4) is 0 Å². The molecule has 0 atom stereocenters. The van der Waals surface area contributed by atoms with E-state index in [4.69, 9.17) is 16.3 Å². The van der Waals surface area contributed by atoms with Crippen LogP contribution in [0.5, 0.6) is 5.75 Å². The maximum Gasteiger partial charge on any atom is 0.255 e. The van der Waals surface area contributed by atoms with Gasteiger partial charge in [-0.15, -0.1) is 0 Å². The normalized spacial score (nSPS) is 10.2. The average Bonchev–Trinajstić information content (AvgIpc) is 2.43. The molecule has 20 heavy (non-hydrogen) atoms. The minimum absolute atomic E-state index is 0.195. The zero-order valence-corrected chi connectivity index (χ0v) is 13.7. The van der Waals surface area contributed by atoms with Crippen LogP contribution in [-0.2, 0) is 0 Å². The summed E-state index contributed by atoms with van der Waals surface area (Å²) in [4.78, 5) is 12.2. The predicted octanol–water partition coefficient (Wildman–Crippen LogP) is 4.60. The Morgan fingerprint density at radius 3 is 2.70 bits per heavy atom. The van der Waals surface area contributed by atoms with E-state index in [0.717, 1.165) is 9.26 Å². The van der Waals surface area contributed by atoms with Crippen molar-refractivity contribution >= 4 is 45.8 Å². The summed E-state index contributed by atoms with van der Waals surface area (Å²) in [5.74, 6) is 0.388. The number of rotatable bonds is 4. The first-order chi connectivity index (χ1) is 9.61. The summed E-state index contributed by atoms with van der Waals surface area (Å²) >= 11 is 8.26. The number of benzene rings is 2. The van der Waals surface area contributed by atoms with Gasteiger partial charge in [-0.05, 0) is 59.8 Å². The van der Waals surface area contributed by atoms with Gasteiger partial charge in [-0.3, -0.25) is 4.79 Å². The van der Waals surface area contributed by atoms with E-state index >= 15 is 0 Å². The molecule has 0 aromatic heterocycles. The Morgan fingerprint density at radius 2 is 2.05 bits per heavy atom. The summed E-state index contributed by atoms with van der Waals surface area (Å²) in [7, 11) is 0. The zero-order chi connectivity index (χ0) is 14.5. The minimum atomic E-state index is -0.195. The highest BCUT2D eigenvalue weighted by molar-refractivity contribution is 14.1. The highest BCUT2D eigenvalue weighted by atomic mass is 127. The third-order valence-corrected chi connectivity index (χ3v) is 3.85. The number of halogens is 2. The Labute approximate surface area is 136 Å². The van der Waals surface area contributed by atoms with Crippen LogP contribution < -0.4 is 10.1 Å². The van der Waals surface area contributed by atoms with Crippen molar-refractivity contribution < 1.29 is 9.53 Å². The van der Waals surface area contributed by atoms with Gasteiger partial charge in [-0.1, -0.05) is 23.7 Å². The van der Waals surface area contributed by atoms with E-state index in [2.05, 4.69) is 27.9 Å². The molecule has 0 radical (unpaired) electrons. The number of nitrogens with one attached hydrogen (secondary N) is 1. The number of hydrogen-bond acceptors (Lipinski definition) is 2. The molecule has 0 aliphatic carbocycles. The summed E-state index contributed by atoms with van der Waals surface area (Å²) in [5, 5.41) is 3.29. The van der Waals surface area contributed by atoms with Crippen LogP contribution in [0.15, 0.2) is 42.5 Å². The number of ether oxygens (including phenoxy) is 1. The number of para-hydroxylation sites is 1. The quantitative estimate of drug-likeness (QED) is 0.761. The maximum atomic E-state index is 12.2. The van der Waals surface area contributed by atoms with Crippen molar-refractivity contribution in [3.8, 4) is 5.75 Å². The lowest BCUT2D eigenvalue weighted by atomic mass is 10.2. The van der Waals surface area contributed by atoms with Crippen molar-refractivity contribution in [3.63, 3.8) is 0 Å². The summed E-state index contributed by atoms with van der Waals surface area (Å²) in [6.07, 6.45) is 0. The monoisotopic (exact) mass is 401 g/mol. The third-order valence-electron chi connectivity index (χ3n) is 2.62. The predicted molar refractivity (Wildman–Crippen MR) is 89.7 cm³/mol. The molecule has 2 aromatic rings. The highest BCUT2D eigenvalue weighted by Gasteiger charge is 2.10. The van der Waals surface area contributed by atoms with Gasteiger partial charge in [-0.2, -0.15) is 0 Å². The van der Waals surface area contributed by atoms with Gasteiger partial charge < -0.3 is 10.1 Å². The van der Waals surface area contributed by atoms with E-state index in [1.165, 1.54) is 0 Å². The largest absolute Gasteiger partial charge is 0.492 e. The molecule has 0 aliphatic rings. The molecule has 104 valence electrons. The summed E-state index contributed by atoms with van der Waals surface area (Å²) in [6, 6.07) is 12.6. The molecule has 1 amide bonds. The van der Waals surface area contributed by atoms with Gasteiger partial charge in [0.1, 0.15) is 5.75 Å². The van der Waals surface area contributed by atoms with E-state index in [-0.39, 0.29) is 5.91 Å². The van der Waals surface area contributed by atoms with Crippen LogP contribution >= 0.6 is 34.2 Å². The summed E-state index contributed by atoms with van der Waals surface area (Å²) < 4.78 is 6.33. The molecular weight excluding hydrogens is 389 g/mol. The van der Waals surface area contributed by atoms with Gasteiger partial charge in [0.15, 0.2) is 0 Å². The standard InChI is InChI=1S/C15H13ClINO2/c1-2-20-14-8-7-10(9-11(14)16)15(19)18-13-6-4-3-5-12(13)17/h3-9H,2H2,1H3,(H,18,19). The Balaban J connectivity index is 2.18. The van der Waals surface area contributed by atoms with Gasteiger partial charge in [0.25, 0.3) is 5.91 Å². The Bertz CT molecular complexity index is 631. The second-order valence-corrected chi connectivity index (χ2v) is 5.58. The first-order valence-corrected chi connectivity index (χ1v) is 7.55. The highest BCUT2D eigenvalue weighted by Crippen LogP contribution is 2.26. The van der Waals surface area contributed by atoms with Crippen LogP contribution in [0.25, 0.3) is 0 Å². The molecule has 2 aromatic carbocycles. The van der Waals surface area contributed by atoms with Crippen molar-refractivity contribution in [3.05, 3.63) is 56.6 Å². The summed E-state index contributed by atoms with van der Waals surface area (Å²) in [6.45, 7) is 2.42. The average molecular weight is 402 g/mol. The van der Waals surface area contributed by atoms with Crippen LogP contribution in [0, 0.1) is 3.57 Å². The van der Waals surface area contributed by atoms with E-state index in [1.807, 2.05) is 31.2 Å². The van der Waals surface area contributed by atoms with Crippen LogP contribution in [-0.4, -0.2) is 12.5 Å². The molecule has 5 heteroatoms. The second-order valence-electron chi connectivity index (χ2n) is 4.01. The van der Waals surface area contributed by atoms with E-state index < -0.39 is 0 Å². The molecule has 0 fully saturated rings. The third kappa shape index (κ3) is 3.64. The fourth-order valence-electron chi connectivity index (χ4n) is 1.67. The van der Waals surface area contributed by atoms with Gasteiger partial charge in [0.2, 0.25) is 0 Å². The van der Waals surface area contributed by atoms with E-state index in [1.54, 1.807) is 18.2 Å². The Kier molecular flexibility index (Phi) is 5.25. The molecule has 3 nitrogen and oxygen atoms in total. The fraction of sp³-hybridized carbons (Fsp3) is 0.133. The number of hydrogen-bond donors (Lipinski definition) is 1. The number of carbonyl (C=O) groups is 1. The van der Waals surface area contributed by atoms with Crippen LogP contribution in [0.2, 0.25) is 5.02 Å². The number of carbonyl (C=O) groups excluding carboxylic acids is 1. The van der Waals surface area contributed by atoms with Crippen LogP contribution in [0.4, 0.5) is 5.69 Å². The Hall–Kier alpha value is -1.27. The summed E-state index contributed by atoms with van der Waals surface area (Å²) in [5.41, 5.74) is 1.28. The van der Waals surface area contributed by atoms with Gasteiger partial charge in [0.05, 0.1) is 17.3 Å². The van der Waals surface area contributed by atoms with Crippen molar-refractivity contribution in [2.75, 3.05) is 11.9 Å². The van der Waals surface area contributed by atoms with E-state index in [9.17, 15) is 4.79 Å². The van der Waals surface area contributed by atoms with E-state index in [0.29, 0.717) is 22.9 Å². The van der Waals surface area contributed by atoms with Crippen LogP contribution in [0.1, 0.15) is 17.3 Å². The minimum Gasteiger partial charge on any atom is -0.492 e. The van der Waals surface area contributed by atoms with Crippen molar-refractivity contribution in [1.29, 1.82) is 0 Å². The molecule has 0 spiro atoms. The molecule has 0 bridgehead atoms. The lowest BCUT2D eigenvalue weighted by Gasteiger charge is -2.09. The molecule has 1 N–H and O–H groups in total. The van der Waals surface area contributed by atoms with Crippen molar-refractivity contribution in [1.82, 2.24) is 0 Å². The first-order valence-electron chi connectivity index (χ1n) is 6.10. The maximum absolute atomic E-state index is 12.2. The fourth-order valence-corrected chi connectivity index (χ4v) is 2.43. The van der Waals surface area contributed by atoms with Gasteiger partial charge in [0, 0.05) is 9.13 Å². The number of amides is 1. The van der Waals surface area contributed by atoms with Crippen molar-refractivity contribution in [2.24, 2.45) is 0 Å². The molecule has 0 aliphatic heterocycles. The lowest BCUT2D eigenvalue weighted by molar-refractivity contribution is 0.102. The Morgan fingerprint density at radius 1 is 1.30 bits per heavy atom. The molecule has 0 saturated carbocycles. The first kappa shape index (κ1) is 15.1. The van der Waals surface area contributed by atoms with Crippen molar-refractivity contribution in [2.45, 2.75) is 6.92 Å². The molecule has 0 unspecified atom stereocenters. The SMILES string of the molecule is CCOc1ccc(C(=O)Nc2ccccc2I)cc1Cl. The molecule has 2 rings (SSSR count). The molecule has 0 heterocycles. The topological polar surface area (TPSA) is 38.3 Å². The number of anilines is 1.